The maximum Gasteiger partial charge on any atom is 0.350 e. The number of esters is 1. The standard InChI is InChI=1S/C12H13NO2S2/c1-3-15-12(14)11-8(13)6-9(17-11)10-7(2)4-5-16-10/h4-6H,3,13H2,1-2H3. The molecular weight excluding hydrogens is 254 g/mol. The summed E-state index contributed by atoms with van der Waals surface area (Å²) >= 11 is 3.04. The van der Waals surface area contributed by atoms with Crippen LogP contribution in [0, 0.1) is 6.92 Å². The summed E-state index contributed by atoms with van der Waals surface area (Å²) in [6.07, 6.45) is 0. The van der Waals surface area contributed by atoms with Gasteiger partial charge in [-0.2, -0.15) is 0 Å². The van der Waals surface area contributed by atoms with Crippen LogP contribution in [0.15, 0.2) is 17.5 Å². The van der Waals surface area contributed by atoms with Gasteiger partial charge in [-0.3, -0.25) is 0 Å². The molecule has 2 aromatic rings. The molecule has 90 valence electrons. The first-order chi connectivity index (χ1) is 8.13. The zero-order valence-corrected chi connectivity index (χ0v) is 11.3. The van der Waals surface area contributed by atoms with Gasteiger partial charge in [0.05, 0.1) is 12.3 Å². The number of carbonyl (C=O) groups is 1. The van der Waals surface area contributed by atoms with Crippen molar-refractivity contribution in [3.05, 3.63) is 28.0 Å². The molecule has 0 fully saturated rings. The molecule has 5 heteroatoms. The van der Waals surface area contributed by atoms with Crippen LogP contribution in [-0.4, -0.2) is 12.6 Å². The molecule has 0 unspecified atom stereocenters. The first kappa shape index (κ1) is 12.1. The minimum atomic E-state index is -0.338. The Morgan fingerprint density at radius 3 is 2.88 bits per heavy atom. The van der Waals surface area contributed by atoms with Crippen molar-refractivity contribution < 1.29 is 9.53 Å². The van der Waals surface area contributed by atoms with Gasteiger partial charge < -0.3 is 10.5 Å². The maximum absolute atomic E-state index is 11.6. The fourth-order valence-electron chi connectivity index (χ4n) is 1.50. The van der Waals surface area contributed by atoms with E-state index in [0.29, 0.717) is 17.2 Å². The molecule has 0 aliphatic rings. The van der Waals surface area contributed by atoms with Gasteiger partial charge in [-0.25, -0.2) is 4.79 Å². The third-order valence-electron chi connectivity index (χ3n) is 2.31. The van der Waals surface area contributed by atoms with E-state index >= 15 is 0 Å². The largest absolute Gasteiger partial charge is 0.462 e. The molecule has 2 rings (SSSR count). The molecule has 0 saturated carbocycles. The molecule has 3 nitrogen and oxygen atoms in total. The van der Waals surface area contributed by atoms with E-state index in [1.165, 1.54) is 16.9 Å². The first-order valence-corrected chi connectivity index (χ1v) is 6.94. The van der Waals surface area contributed by atoms with Crippen LogP contribution in [0.5, 0.6) is 0 Å². The number of nitrogens with two attached hydrogens (primary N) is 1. The van der Waals surface area contributed by atoms with E-state index < -0.39 is 0 Å². The average molecular weight is 267 g/mol. The monoisotopic (exact) mass is 267 g/mol. The van der Waals surface area contributed by atoms with Crippen LogP contribution in [0.2, 0.25) is 0 Å². The number of aryl methyl sites for hydroxylation is 1. The average Bonchev–Trinajstić information content (AvgIpc) is 2.84. The summed E-state index contributed by atoms with van der Waals surface area (Å²) in [6.45, 7) is 4.20. The van der Waals surface area contributed by atoms with E-state index in [1.54, 1.807) is 18.3 Å². The molecule has 0 atom stereocenters. The molecule has 2 heterocycles. The summed E-state index contributed by atoms with van der Waals surface area (Å²) in [7, 11) is 0. The normalized spacial score (nSPS) is 10.5. The number of nitrogen functional groups attached to an aromatic ring is 1. The third kappa shape index (κ3) is 2.35. The minimum absolute atomic E-state index is 0.338. The van der Waals surface area contributed by atoms with Crippen molar-refractivity contribution in [1.82, 2.24) is 0 Å². The fourth-order valence-corrected chi connectivity index (χ4v) is 3.58. The number of carbonyl (C=O) groups excluding carboxylic acids is 1. The van der Waals surface area contributed by atoms with Crippen molar-refractivity contribution in [1.29, 1.82) is 0 Å². The highest BCUT2D eigenvalue weighted by Gasteiger charge is 2.17. The van der Waals surface area contributed by atoms with Crippen LogP contribution in [0.1, 0.15) is 22.2 Å². The summed E-state index contributed by atoms with van der Waals surface area (Å²) in [4.78, 5) is 14.3. The highest BCUT2D eigenvalue weighted by atomic mass is 32.1. The van der Waals surface area contributed by atoms with Gasteiger partial charge in [0.2, 0.25) is 0 Å². The van der Waals surface area contributed by atoms with E-state index in [-0.39, 0.29) is 5.97 Å². The van der Waals surface area contributed by atoms with Gasteiger partial charge in [0.15, 0.2) is 0 Å². The molecule has 0 aromatic carbocycles. The maximum atomic E-state index is 11.6. The predicted molar refractivity (Wildman–Crippen MR) is 72.7 cm³/mol. The van der Waals surface area contributed by atoms with E-state index in [2.05, 4.69) is 6.07 Å². The van der Waals surface area contributed by atoms with Crippen LogP contribution < -0.4 is 5.73 Å². The minimum Gasteiger partial charge on any atom is -0.462 e. The van der Waals surface area contributed by atoms with Crippen LogP contribution in [-0.2, 0) is 4.74 Å². The zero-order chi connectivity index (χ0) is 12.4. The Balaban J connectivity index is 2.37. The van der Waals surface area contributed by atoms with Crippen molar-refractivity contribution in [2.75, 3.05) is 12.3 Å². The number of ether oxygens (including phenoxy) is 1. The van der Waals surface area contributed by atoms with Crippen LogP contribution >= 0.6 is 22.7 Å². The Morgan fingerprint density at radius 2 is 2.29 bits per heavy atom. The van der Waals surface area contributed by atoms with Crippen LogP contribution in [0.3, 0.4) is 0 Å². The Kier molecular flexibility index (Phi) is 3.49. The first-order valence-electron chi connectivity index (χ1n) is 5.24. The number of thiophene rings is 2. The van der Waals surface area contributed by atoms with Gasteiger partial charge in [0.25, 0.3) is 0 Å². The quantitative estimate of drug-likeness (QED) is 0.865. The summed E-state index contributed by atoms with van der Waals surface area (Å²) < 4.78 is 4.96. The van der Waals surface area contributed by atoms with Gasteiger partial charge in [-0.1, -0.05) is 0 Å². The molecule has 0 amide bonds. The smallest absolute Gasteiger partial charge is 0.350 e. The van der Waals surface area contributed by atoms with E-state index in [4.69, 9.17) is 10.5 Å². The number of hydrogen-bond acceptors (Lipinski definition) is 5. The Bertz CT molecular complexity index is 542. The molecule has 17 heavy (non-hydrogen) atoms. The second kappa shape index (κ2) is 4.89. The van der Waals surface area contributed by atoms with E-state index in [0.717, 1.165) is 9.75 Å². The van der Waals surface area contributed by atoms with Crippen molar-refractivity contribution in [3.8, 4) is 9.75 Å². The molecule has 0 radical (unpaired) electrons. The Labute approximate surface area is 108 Å². The summed E-state index contributed by atoms with van der Waals surface area (Å²) in [5.41, 5.74) is 7.54. The Morgan fingerprint density at radius 1 is 1.53 bits per heavy atom. The lowest BCUT2D eigenvalue weighted by molar-refractivity contribution is 0.0533. The number of hydrogen-bond donors (Lipinski definition) is 1. The van der Waals surface area contributed by atoms with Crippen molar-refractivity contribution in [2.45, 2.75) is 13.8 Å². The highest BCUT2D eigenvalue weighted by molar-refractivity contribution is 7.22. The molecule has 2 aromatic heterocycles. The van der Waals surface area contributed by atoms with Gasteiger partial charge >= 0.3 is 5.97 Å². The molecular formula is C12H13NO2S2. The van der Waals surface area contributed by atoms with Crippen molar-refractivity contribution in [3.63, 3.8) is 0 Å². The van der Waals surface area contributed by atoms with Crippen molar-refractivity contribution >= 4 is 34.3 Å². The lowest BCUT2D eigenvalue weighted by Crippen LogP contribution is -2.04. The van der Waals surface area contributed by atoms with Gasteiger partial charge in [0.1, 0.15) is 4.88 Å². The topological polar surface area (TPSA) is 52.3 Å². The van der Waals surface area contributed by atoms with E-state index in [9.17, 15) is 4.79 Å². The number of anilines is 1. The highest BCUT2D eigenvalue weighted by Crippen LogP contribution is 2.38. The molecule has 0 saturated heterocycles. The summed E-state index contributed by atoms with van der Waals surface area (Å²) in [6, 6.07) is 3.90. The van der Waals surface area contributed by atoms with Crippen LogP contribution in [0.25, 0.3) is 9.75 Å². The van der Waals surface area contributed by atoms with Gasteiger partial charge in [-0.15, -0.1) is 22.7 Å². The molecule has 0 bridgehead atoms. The molecule has 0 aliphatic heterocycles. The predicted octanol–water partition coefficient (Wildman–Crippen LogP) is 3.54. The third-order valence-corrected chi connectivity index (χ3v) is 4.63. The zero-order valence-electron chi connectivity index (χ0n) is 9.65. The van der Waals surface area contributed by atoms with E-state index in [1.807, 2.05) is 18.4 Å². The molecule has 0 spiro atoms. The summed E-state index contributed by atoms with van der Waals surface area (Å²) in [5.74, 6) is -0.338. The second-order valence-electron chi connectivity index (χ2n) is 3.55. The summed E-state index contributed by atoms with van der Waals surface area (Å²) in [5, 5.41) is 2.03. The lowest BCUT2D eigenvalue weighted by atomic mass is 10.2. The fraction of sp³-hybridized carbons (Fsp3) is 0.250. The van der Waals surface area contributed by atoms with Gasteiger partial charge in [0, 0.05) is 9.75 Å². The second-order valence-corrected chi connectivity index (χ2v) is 5.52. The molecule has 2 N–H and O–H groups in total. The van der Waals surface area contributed by atoms with Crippen molar-refractivity contribution in [2.24, 2.45) is 0 Å². The Hall–Kier alpha value is -1.33. The SMILES string of the molecule is CCOC(=O)c1sc(-c2sccc2C)cc1N. The number of rotatable bonds is 3. The lowest BCUT2D eigenvalue weighted by Gasteiger charge is -1.98. The molecule has 0 aliphatic carbocycles. The van der Waals surface area contributed by atoms with Crippen LogP contribution in [0.4, 0.5) is 5.69 Å². The van der Waals surface area contributed by atoms with Gasteiger partial charge in [-0.05, 0) is 36.9 Å².